The average Bonchev–Trinajstić information content (AvgIpc) is 3.49. The van der Waals surface area contributed by atoms with Crippen molar-refractivity contribution in [2.75, 3.05) is 5.32 Å². The van der Waals surface area contributed by atoms with Crippen LogP contribution >= 0.6 is 22.9 Å². The van der Waals surface area contributed by atoms with Crippen LogP contribution in [0.15, 0.2) is 53.9 Å². The highest BCUT2D eigenvalue weighted by Gasteiger charge is 2.36. The topological polar surface area (TPSA) is 94.9 Å². The number of aromatic nitrogens is 1. The first-order valence-electron chi connectivity index (χ1n) is 10.9. The molecule has 1 aliphatic rings. The fourth-order valence-electron chi connectivity index (χ4n) is 4.19. The van der Waals surface area contributed by atoms with Gasteiger partial charge in [-0.2, -0.15) is 18.4 Å². The number of thiazole rings is 1. The highest BCUT2D eigenvalue weighted by molar-refractivity contribution is 7.10. The van der Waals surface area contributed by atoms with Gasteiger partial charge in [0, 0.05) is 43.9 Å². The van der Waals surface area contributed by atoms with Gasteiger partial charge in [-0.3, -0.25) is 9.59 Å². The van der Waals surface area contributed by atoms with Crippen molar-refractivity contribution >= 4 is 40.4 Å². The van der Waals surface area contributed by atoms with E-state index in [2.05, 4.69) is 15.6 Å². The van der Waals surface area contributed by atoms with Crippen molar-refractivity contribution < 1.29 is 31.5 Å². The van der Waals surface area contributed by atoms with Crippen LogP contribution in [0.1, 0.15) is 48.5 Å². The van der Waals surface area contributed by atoms with E-state index in [9.17, 15) is 31.5 Å². The molecule has 2 N–H and O–H groups in total. The molecule has 0 fully saturated rings. The van der Waals surface area contributed by atoms with E-state index in [1.165, 1.54) is 18.2 Å². The van der Waals surface area contributed by atoms with Crippen molar-refractivity contribution in [3.05, 3.63) is 103 Å². The molecule has 0 saturated heterocycles. The summed E-state index contributed by atoms with van der Waals surface area (Å²) in [6, 6.07) is 8.60. The Morgan fingerprint density at radius 3 is 2.56 bits per heavy atom. The summed E-state index contributed by atoms with van der Waals surface area (Å²) in [5.74, 6) is -3.63. The van der Waals surface area contributed by atoms with Crippen LogP contribution in [0.4, 0.5) is 27.6 Å². The number of rotatable bonds is 4. The third kappa shape index (κ3) is 5.06. The Hall–Kier alpha value is -4.34. The number of amides is 2. The largest absolute Gasteiger partial charge is 0.416 e. The normalized spacial score (nSPS) is 14.5. The van der Waals surface area contributed by atoms with Crippen LogP contribution < -0.4 is 10.6 Å². The zero-order valence-electron chi connectivity index (χ0n) is 19.2. The predicted octanol–water partition coefficient (Wildman–Crippen LogP) is 6.72. The van der Waals surface area contributed by atoms with Gasteiger partial charge in [-0.25, -0.2) is 13.8 Å². The van der Waals surface area contributed by atoms with Gasteiger partial charge in [0.25, 0.3) is 11.8 Å². The van der Waals surface area contributed by atoms with Crippen molar-refractivity contribution in [2.45, 2.75) is 12.2 Å². The van der Waals surface area contributed by atoms with E-state index in [-0.39, 0.29) is 38.5 Å². The van der Waals surface area contributed by atoms with E-state index in [0.29, 0.717) is 23.4 Å². The SMILES string of the molecule is N#Cc1nc(-c2cc(NC(=O)c3cc(F)cc(C(F)(F)F)c3)c3c(c2)C(=O)NC3c2cc(F)ccc2Cl)cs1. The molecule has 6 nitrogen and oxygen atoms in total. The number of nitrogens with one attached hydrogen (secondary N) is 2. The molecule has 1 unspecified atom stereocenters. The Morgan fingerprint density at radius 1 is 1.10 bits per heavy atom. The molecule has 2 amide bonds. The van der Waals surface area contributed by atoms with Gasteiger partial charge in [-0.05, 0) is 48.5 Å². The smallest absolute Gasteiger partial charge is 0.341 e. The number of anilines is 1. The van der Waals surface area contributed by atoms with E-state index in [1.54, 1.807) is 5.38 Å². The lowest BCUT2D eigenvalue weighted by Gasteiger charge is -2.19. The number of carbonyl (C=O) groups excluding carboxylic acids is 2. The van der Waals surface area contributed by atoms with Gasteiger partial charge in [0.1, 0.15) is 17.7 Å². The molecule has 39 heavy (non-hydrogen) atoms. The van der Waals surface area contributed by atoms with Gasteiger partial charge >= 0.3 is 6.18 Å². The van der Waals surface area contributed by atoms with Crippen molar-refractivity contribution in [2.24, 2.45) is 0 Å². The van der Waals surface area contributed by atoms with Gasteiger partial charge < -0.3 is 10.6 Å². The number of nitriles is 1. The summed E-state index contributed by atoms with van der Waals surface area (Å²) in [4.78, 5) is 30.2. The van der Waals surface area contributed by atoms with Crippen LogP contribution in [0, 0.1) is 23.0 Å². The van der Waals surface area contributed by atoms with E-state index in [1.807, 2.05) is 6.07 Å². The standard InChI is InChI=1S/C26H12ClF5N4O2S/c27-18-2-1-14(28)8-16(18)23-22-17(25(38)36-23)5-11(20-10-39-21(9-33)34-20)6-19(22)35-24(37)12-3-13(26(30,31)32)7-15(29)4-12/h1-8,10,23H,(H,35,37)(H,36,38). The minimum atomic E-state index is -4.91. The predicted molar refractivity (Wildman–Crippen MR) is 132 cm³/mol. The molecule has 0 bridgehead atoms. The Morgan fingerprint density at radius 2 is 1.87 bits per heavy atom. The lowest BCUT2D eigenvalue weighted by Crippen LogP contribution is -2.21. The van der Waals surface area contributed by atoms with Crippen molar-refractivity contribution in [3.63, 3.8) is 0 Å². The Bertz CT molecular complexity index is 1710. The molecule has 0 spiro atoms. The molecule has 196 valence electrons. The fraction of sp³-hybridized carbons (Fsp3) is 0.0769. The summed E-state index contributed by atoms with van der Waals surface area (Å²) in [6.07, 6.45) is -4.91. The summed E-state index contributed by atoms with van der Waals surface area (Å²) >= 11 is 7.31. The first-order valence-corrected chi connectivity index (χ1v) is 12.2. The van der Waals surface area contributed by atoms with Crippen LogP contribution in [-0.4, -0.2) is 16.8 Å². The summed E-state index contributed by atoms with van der Waals surface area (Å²) in [6.45, 7) is 0. The minimum absolute atomic E-state index is 0.0412. The average molecular weight is 575 g/mol. The molecule has 3 aromatic carbocycles. The molecule has 0 radical (unpaired) electrons. The van der Waals surface area contributed by atoms with Gasteiger partial charge in [0.05, 0.1) is 17.3 Å². The maximum Gasteiger partial charge on any atom is 0.416 e. The fourth-order valence-corrected chi connectivity index (χ4v) is 5.03. The Kier molecular flexibility index (Phi) is 6.57. The second-order valence-corrected chi connectivity index (χ2v) is 9.65. The van der Waals surface area contributed by atoms with Gasteiger partial charge in [-0.15, -0.1) is 11.3 Å². The van der Waals surface area contributed by atoms with E-state index in [0.717, 1.165) is 23.5 Å². The number of alkyl halides is 3. The highest BCUT2D eigenvalue weighted by atomic mass is 35.5. The van der Waals surface area contributed by atoms with Gasteiger partial charge in [-0.1, -0.05) is 11.6 Å². The molecule has 5 rings (SSSR count). The van der Waals surface area contributed by atoms with E-state index >= 15 is 0 Å². The summed E-state index contributed by atoms with van der Waals surface area (Å²) < 4.78 is 67.8. The van der Waals surface area contributed by atoms with Crippen molar-refractivity contribution in [3.8, 4) is 17.3 Å². The molecular weight excluding hydrogens is 563 g/mol. The van der Waals surface area contributed by atoms with Gasteiger partial charge in [0.15, 0.2) is 5.01 Å². The number of hydrogen-bond donors (Lipinski definition) is 2. The molecule has 2 heterocycles. The summed E-state index contributed by atoms with van der Waals surface area (Å²) in [5.41, 5.74) is -1.06. The number of halogens is 6. The summed E-state index contributed by atoms with van der Waals surface area (Å²) in [5, 5.41) is 16.0. The van der Waals surface area contributed by atoms with Crippen LogP contribution in [0.3, 0.4) is 0 Å². The first-order chi connectivity index (χ1) is 18.4. The molecular formula is C26H12ClF5N4O2S. The molecule has 13 heteroatoms. The van der Waals surface area contributed by atoms with Gasteiger partial charge in [0.2, 0.25) is 0 Å². The second-order valence-electron chi connectivity index (χ2n) is 8.39. The minimum Gasteiger partial charge on any atom is -0.341 e. The van der Waals surface area contributed by atoms with Crippen LogP contribution in [-0.2, 0) is 6.18 Å². The third-order valence-electron chi connectivity index (χ3n) is 5.89. The first kappa shape index (κ1) is 26.3. The molecule has 0 saturated carbocycles. The Labute approximate surface area is 225 Å². The van der Waals surface area contributed by atoms with Crippen molar-refractivity contribution in [1.29, 1.82) is 5.26 Å². The number of benzene rings is 3. The molecule has 1 atom stereocenters. The zero-order valence-corrected chi connectivity index (χ0v) is 20.7. The maximum absolute atomic E-state index is 14.1. The van der Waals surface area contributed by atoms with Crippen molar-refractivity contribution in [1.82, 2.24) is 10.3 Å². The molecule has 1 aliphatic heterocycles. The number of hydrogen-bond acceptors (Lipinski definition) is 5. The second kappa shape index (κ2) is 9.76. The zero-order chi connectivity index (χ0) is 28.1. The summed E-state index contributed by atoms with van der Waals surface area (Å²) in [7, 11) is 0. The lowest BCUT2D eigenvalue weighted by atomic mass is 9.93. The monoisotopic (exact) mass is 574 g/mol. The van der Waals surface area contributed by atoms with E-state index < -0.39 is 46.8 Å². The quantitative estimate of drug-likeness (QED) is 0.265. The molecule has 1 aromatic heterocycles. The van der Waals surface area contributed by atoms with Crippen LogP contribution in [0.2, 0.25) is 5.02 Å². The number of fused-ring (bicyclic) bond motifs is 1. The van der Waals surface area contributed by atoms with Crippen LogP contribution in [0.25, 0.3) is 11.3 Å². The maximum atomic E-state index is 14.1. The molecule has 0 aliphatic carbocycles. The highest BCUT2D eigenvalue weighted by Crippen LogP contribution is 2.42. The van der Waals surface area contributed by atoms with Crippen LogP contribution in [0.5, 0.6) is 0 Å². The lowest BCUT2D eigenvalue weighted by molar-refractivity contribution is -0.137. The van der Waals surface area contributed by atoms with E-state index in [4.69, 9.17) is 16.9 Å². The molecule has 4 aromatic rings. The number of nitrogens with zero attached hydrogens (tertiary/aromatic N) is 2. The third-order valence-corrected chi connectivity index (χ3v) is 6.98. The Balaban J connectivity index is 1.66. The number of carbonyl (C=O) groups is 2.